The van der Waals surface area contributed by atoms with Gasteiger partial charge in [-0.15, -0.1) is 0 Å². The predicted molar refractivity (Wildman–Crippen MR) is 106 cm³/mol. The summed E-state index contributed by atoms with van der Waals surface area (Å²) in [5.74, 6) is 0.104. The zero-order valence-corrected chi connectivity index (χ0v) is 16.4. The van der Waals surface area contributed by atoms with Gasteiger partial charge in [0.2, 0.25) is 0 Å². The Hall–Kier alpha value is -2.78. The molecule has 2 aromatic rings. The highest BCUT2D eigenvalue weighted by Gasteiger charge is 2.41. The Bertz CT molecular complexity index is 950. The summed E-state index contributed by atoms with van der Waals surface area (Å²) in [6.45, 7) is 2.77. The first kappa shape index (κ1) is 19.5. The molecule has 1 aromatic heterocycles. The molecule has 0 amide bonds. The number of aromatic nitrogens is 2. The lowest BCUT2D eigenvalue weighted by Crippen LogP contribution is -2.25. The van der Waals surface area contributed by atoms with Gasteiger partial charge in [0, 0.05) is 43.6 Å². The molecule has 0 radical (unpaired) electrons. The van der Waals surface area contributed by atoms with Crippen molar-refractivity contribution in [2.75, 3.05) is 30.8 Å². The summed E-state index contributed by atoms with van der Waals surface area (Å²) in [5.41, 5.74) is 6.49. The number of hydrogen-bond donors (Lipinski definition) is 3. The average Bonchev–Trinajstić information content (AvgIpc) is 3.30. The minimum Gasteiger partial charge on any atom is -0.484 e. The van der Waals surface area contributed by atoms with Gasteiger partial charge in [-0.05, 0) is 25.8 Å². The van der Waals surface area contributed by atoms with E-state index in [2.05, 4.69) is 9.97 Å². The van der Waals surface area contributed by atoms with E-state index < -0.39 is 11.9 Å². The molecule has 29 heavy (non-hydrogen) atoms. The highest BCUT2D eigenvalue weighted by Crippen LogP contribution is 2.41. The Morgan fingerprint density at radius 1 is 1.31 bits per heavy atom. The quantitative estimate of drug-likeness (QED) is 0.498. The fourth-order valence-electron chi connectivity index (χ4n) is 3.38. The van der Waals surface area contributed by atoms with Crippen LogP contribution in [0.1, 0.15) is 31.0 Å². The second kappa shape index (κ2) is 7.23. The lowest BCUT2D eigenvalue weighted by atomic mass is 10.0. The number of ether oxygens (including phenoxy) is 2. The van der Waals surface area contributed by atoms with Crippen LogP contribution >= 0.6 is 0 Å². The van der Waals surface area contributed by atoms with Crippen LogP contribution < -0.4 is 15.4 Å². The van der Waals surface area contributed by atoms with Crippen LogP contribution in [-0.4, -0.2) is 58.8 Å². The fourth-order valence-corrected chi connectivity index (χ4v) is 3.38. The number of rotatable bonds is 6. The van der Waals surface area contributed by atoms with E-state index >= 15 is 0 Å². The van der Waals surface area contributed by atoms with Gasteiger partial charge in [0.15, 0.2) is 11.6 Å². The first-order valence-corrected chi connectivity index (χ1v) is 9.45. The number of benzene rings is 1. The Balaban J connectivity index is 1.61. The van der Waals surface area contributed by atoms with Gasteiger partial charge in [-0.1, -0.05) is 0 Å². The molecule has 2 heterocycles. The van der Waals surface area contributed by atoms with Gasteiger partial charge in [-0.3, -0.25) is 5.41 Å². The van der Waals surface area contributed by atoms with Crippen molar-refractivity contribution in [2.45, 2.75) is 37.6 Å². The van der Waals surface area contributed by atoms with Crippen LogP contribution in [0.3, 0.4) is 0 Å². The Morgan fingerprint density at radius 2 is 2.07 bits per heavy atom. The molecule has 2 fully saturated rings. The van der Waals surface area contributed by atoms with Crippen molar-refractivity contribution in [2.24, 2.45) is 0 Å². The summed E-state index contributed by atoms with van der Waals surface area (Å²) in [6, 6.07) is 4.28. The van der Waals surface area contributed by atoms with Crippen LogP contribution in [0.25, 0.3) is 0 Å². The Morgan fingerprint density at radius 3 is 2.72 bits per heavy atom. The highest BCUT2D eigenvalue weighted by atomic mass is 19.1. The summed E-state index contributed by atoms with van der Waals surface area (Å²) in [5, 5.41) is 18.6. The fraction of sp³-hybridized carbons (Fsp3) is 0.450. The maximum atomic E-state index is 14.3. The molecule has 1 aliphatic carbocycles. The van der Waals surface area contributed by atoms with Crippen molar-refractivity contribution in [3.8, 4) is 5.75 Å². The topological polar surface area (TPSA) is 118 Å². The number of nitrogens with two attached hydrogens (primary N) is 1. The van der Waals surface area contributed by atoms with Gasteiger partial charge in [0.05, 0.1) is 17.5 Å². The van der Waals surface area contributed by atoms with Crippen molar-refractivity contribution in [1.82, 2.24) is 9.97 Å². The van der Waals surface area contributed by atoms with Crippen molar-refractivity contribution < 1.29 is 19.0 Å². The monoisotopic (exact) mass is 401 g/mol. The second-order valence-corrected chi connectivity index (χ2v) is 7.80. The molecule has 4 rings (SSSR count). The SMILES string of the molecule is COC1CN(c2cc(C(=N)c3cc(OC4(C)CC4)c(F)cc3N)ncn2)CC1O. The molecular weight excluding hydrogens is 377 g/mol. The number of aliphatic hydroxyl groups excluding tert-OH is 1. The van der Waals surface area contributed by atoms with Crippen LogP contribution in [0, 0.1) is 11.2 Å². The molecule has 2 aliphatic rings. The molecule has 0 spiro atoms. The first-order chi connectivity index (χ1) is 13.8. The normalized spacial score (nSPS) is 22.6. The van der Waals surface area contributed by atoms with Crippen LogP contribution in [0.15, 0.2) is 24.5 Å². The van der Waals surface area contributed by atoms with E-state index in [4.69, 9.17) is 20.6 Å². The number of nitrogens with one attached hydrogen (secondary N) is 1. The smallest absolute Gasteiger partial charge is 0.167 e. The number of nitrogen functional groups attached to an aromatic ring is 1. The maximum Gasteiger partial charge on any atom is 0.167 e. The van der Waals surface area contributed by atoms with Crippen LogP contribution in [0.4, 0.5) is 15.9 Å². The number of anilines is 2. The number of β-amino-alcohol motifs (C(OH)–C–C–N with tert-alkyl or cyclic N) is 1. The number of aliphatic hydroxyl groups is 1. The maximum absolute atomic E-state index is 14.3. The molecule has 1 saturated heterocycles. The Labute approximate surface area is 168 Å². The van der Waals surface area contributed by atoms with E-state index in [0.717, 1.165) is 12.8 Å². The molecule has 4 N–H and O–H groups in total. The molecule has 0 bridgehead atoms. The molecule has 8 nitrogen and oxygen atoms in total. The standard InChI is InChI=1S/C20H24FN5O3/c1-20(3-4-20)29-16-5-11(13(22)6-12(16)21)19(23)14-7-18(25-10-24-14)26-8-15(27)17(9-26)28-2/h5-7,10,15,17,23,27H,3-4,8-9,22H2,1-2H3. The van der Waals surface area contributed by atoms with E-state index in [1.807, 2.05) is 11.8 Å². The predicted octanol–water partition coefficient (Wildman–Crippen LogP) is 1.74. The molecular formula is C20H24FN5O3. The minimum atomic E-state index is -0.617. The van der Waals surface area contributed by atoms with Gasteiger partial charge in [0.1, 0.15) is 23.9 Å². The lowest BCUT2D eigenvalue weighted by molar-refractivity contribution is 0.0217. The van der Waals surface area contributed by atoms with Gasteiger partial charge >= 0.3 is 0 Å². The van der Waals surface area contributed by atoms with E-state index in [1.54, 1.807) is 13.2 Å². The van der Waals surface area contributed by atoms with Crippen LogP contribution in [0.5, 0.6) is 5.75 Å². The third-order valence-corrected chi connectivity index (χ3v) is 5.46. The van der Waals surface area contributed by atoms with Gasteiger partial charge in [-0.25, -0.2) is 14.4 Å². The zero-order valence-electron chi connectivity index (χ0n) is 16.4. The molecule has 9 heteroatoms. The number of nitrogens with zero attached hydrogens (tertiary/aromatic N) is 3. The van der Waals surface area contributed by atoms with Crippen molar-refractivity contribution in [3.05, 3.63) is 41.6 Å². The van der Waals surface area contributed by atoms with Crippen LogP contribution in [-0.2, 0) is 4.74 Å². The first-order valence-electron chi connectivity index (χ1n) is 9.45. The van der Waals surface area contributed by atoms with Crippen LogP contribution in [0.2, 0.25) is 0 Å². The van der Waals surface area contributed by atoms with Gasteiger partial charge in [-0.2, -0.15) is 0 Å². The number of hydrogen-bond acceptors (Lipinski definition) is 8. The second-order valence-electron chi connectivity index (χ2n) is 7.80. The van der Waals surface area contributed by atoms with Crippen molar-refractivity contribution >= 4 is 17.2 Å². The molecule has 2 atom stereocenters. The summed E-state index contributed by atoms with van der Waals surface area (Å²) in [6.07, 6.45) is 2.17. The summed E-state index contributed by atoms with van der Waals surface area (Å²) in [7, 11) is 1.55. The third-order valence-electron chi connectivity index (χ3n) is 5.46. The average molecular weight is 401 g/mol. The van der Waals surface area contributed by atoms with Crippen molar-refractivity contribution in [3.63, 3.8) is 0 Å². The Kier molecular flexibility index (Phi) is 4.87. The van der Waals surface area contributed by atoms with Gasteiger partial charge < -0.3 is 25.2 Å². The van der Waals surface area contributed by atoms with E-state index in [9.17, 15) is 9.50 Å². The summed E-state index contributed by atoms with van der Waals surface area (Å²) < 4.78 is 25.3. The lowest BCUT2D eigenvalue weighted by Gasteiger charge is -2.18. The molecule has 1 aromatic carbocycles. The molecule has 1 aliphatic heterocycles. The number of methoxy groups -OCH3 is 1. The van der Waals surface area contributed by atoms with Crippen molar-refractivity contribution in [1.29, 1.82) is 5.41 Å². The van der Waals surface area contributed by atoms with E-state index in [-0.39, 0.29) is 28.9 Å². The highest BCUT2D eigenvalue weighted by molar-refractivity contribution is 6.13. The largest absolute Gasteiger partial charge is 0.484 e. The molecule has 2 unspecified atom stereocenters. The van der Waals surface area contributed by atoms with E-state index in [0.29, 0.717) is 30.2 Å². The summed E-state index contributed by atoms with van der Waals surface area (Å²) >= 11 is 0. The number of halogens is 1. The molecule has 1 saturated carbocycles. The van der Waals surface area contributed by atoms with E-state index in [1.165, 1.54) is 18.5 Å². The summed E-state index contributed by atoms with van der Waals surface area (Å²) in [4.78, 5) is 10.3. The third kappa shape index (κ3) is 3.88. The minimum absolute atomic E-state index is 0.0417. The molecule has 154 valence electrons. The zero-order chi connectivity index (χ0) is 20.8. The van der Waals surface area contributed by atoms with Gasteiger partial charge in [0.25, 0.3) is 0 Å².